The number of sulfonamides is 1. The Bertz CT molecular complexity index is 766. The van der Waals surface area contributed by atoms with E-state index in [4.69, 9.17) is 28.9 Å². The highest BCUT2D eigenvalue weighted by Crippen LogP contribution is 2.28. The summed E-state index contributed by atoms with van der Waals surface area (Å²) in [7, 11) is -3.98. The summed E-state index contributed by atoms with van der Waals surface area (Å²) < 4.78 is 39.7. The molecule has 2 aromatic carbocycles. The van der Waals surface area contributed by atoms with Crippen LogP contribution in [0.1, 0.15) is 0 Å². The molecular weight excluding hydrogens is 326 g/mol. The number of benzene rings is 2. The van der Waals surface area contributed by atoms with Crippen LogP contribution in [0.15, 0.2) is 41.3 Å². The standard InChI is InChI=1S/C12H9Cl2FN2O2S/c13-7-1-4-12(10(16)5-7)20(18,19)17-11-6-8(15)2-3-9(11)14/h1-6,17H,16H2. The number of anilines is 2. The quantitative estimate of drug-likeness (QED) is 0.843. The van der Waals surface area contributed by atoms with Crippen LogP contribution in [0.3, 0.4) is 0 Å². The molecule has 0 radical (unpaired) electrons. The molecule has 0 aliphatic heterocycles. The Morgan fingerprint density at radius 2 is 1.80 bits per heavy atom. The molecule has 0 spiro atoms. The van der Waals surface area contributed by atoms with Gasteiger partial charge in [0.05, 0.1) is 16.4 Å². The van der Waals surface area contributed by atoms with Crippen molar-refractivity contribution in [2.45, 2.75) is 4.90 Å². The van der Waals surface area contributed by atoms with Crippen LogP contribution in [-0.4, -0.2) is 8.42 Å². The number of hydrogen-bond acceptors (Lipinski definition) is 3. The first kappa shape index (κ1) is 14.9. The first-order valence-electron chi connectivity index (χ1n) is 5.32. The van der Waals surface area contributed by atoms with Gasteiger partial charge >= 0.3 is 0 Å². The van der Waals surface area contributed by atoms with Gasteiger partial charge in [-0.3, -0.25) is 4.72 Å². The van der Waals surface area contributed by atoms with Gasteiger partial charge in [-0.1, -0.05) is 23.2 Å². The molecule has 106 valence electrons. The Morgan fingerprint density at radius 3 is 2.45 bits per heavy atom. The molecule has 0 heterocycles. The summed E-state index contributed by atoms with van der Waals surface area (Å²) in [4.78, 5) is -0.165. The third-order valence-electron chi connectivity index (χ3n) is 2.43. The second-order valence-electron chi connectivity index (χ2n) is 3.91. The maximum absolute atomic E-state index is 13.1. The van der Waals surface area contributed by atoms with Crippen LogP contribution in [-0.2, 0) is 10.0 Å². The van der Waals surface area contributed by atoms with Gasteiger partial charge in [-0.2, -0.15) is 0 Å². The highest BCUT2D eigenvalue weighted by atomic mass is 35.5. The van der Waals surface area contributed by atoms with E-state index in [1.165, 1.54) is 24.3 Å². The summed E-state index contributed by atoms with van der Waals surface area (Å²) in [5, 5.41) is 0.382. The zero-order valence-corrected chi connectivity index (χ0v) is 12.2. The number of nitrogens with one attached hydrogen (secondary N) is 1. The molecule has 0 aromatic heterocycles. The Labute approximate surface area is 125 Å². The van der Waals surface area contributed by atoms with Crippen LogP contribution in [0.5, 0.6) is 0 Å². The smallest absolute Gasteiger partial charge is 0.263 e. The number of hydrogen-bond donors (Lipinski definition) is 2. The van der Waals surface area contributed by atoms with Gasteiger partial charge in [-0.25, -0.2) is 12.8 Å². The summed E-state index contributed by atoms with van der Waals surface area (Å²) in [6.07, 6.45) is 0. The fourth-order valence-electron chi connectivity index (χ4n) is 1.54. The third-order valence-corrected chi connectivity index (χ3v) is 4.44. The van der Waals surface area contributed by atoms with Crippen LogP contribution >= 0.6 is 23.2 Å². The van der Waals surface area contributed by atoms with Crippen molar-refractivity contribution in [3.8, 4) is 0 Å². The lowest BCUT2D eigenvalue weighted by molar-refractivity contribution is 0.601. The van der Waals surface area contributed by atoms with E-state index in [9.17, 15) is 12.8 Å². The minimum atomic E-state index is -3.98. The largest absolute Gasteiger partial charge is 0.398 e. The zero-order valence-electron chi connectivity index (χ0n) is 9.90. The molecule has 20 heavy (non-hydrogen) atoms. The van der Waals surface area contributed by atoms with Crippen molar-refractivity contribution in [1.29, 1.82) is 0 Å². The molecule has 0 aliphatic carbocycles. The topological polar surface area (TPSA) is 72.2 Å². The number of nitrogen functional groups attached to an aromatic ring is 1. The van der Waals surface area contributed by atoms with E-state index < -0.39 is 15.8 Å². The predicted octanol–water partition coefficient (Wildman–Crippen LogP) is 3.52. The number of rotatable bonds is 3. The van der Waals surface area contributed by atoms with Gasteiger partial charge in [0.25, 0.3) is 10.0 Å². The molecule has 2 rings (SSSR count). The van der Waals surface area contributed by atoms with Crippen molar-refractivity contribution in [2.24, 2.45) is 0 Å². The molecule has 0 amide bonds. The fraction of sp³-hybridized carbons (Fsp3) is 0. The first-order valence-corrected chi connectivity index (χ1v) is 7.56. The van der Waals surface area contributed by atoms with Crippen molar-refractivity contribution in [1.82, 2.24) is 0 Å². The van der Waals surface area contributed by atoms with Crippen LogP contribution in [0, 0.1) is 5.82 Å². The predicted molar refractivity (Wildman–Crippen MR) is 78.1 cm³/mol. The lowest BCUT2D eigenvalue weighted by Gasteiger charge is -2.11. The van der Waals surface area contributed by atoms with E-state index in [2.05, 4.69) is 4.72 Å². The number of nitrogens with two attached hydrogens (primary N) is 1. The molecule has 8 heteroatoms. The Morgan fingerprint density at radius 1 is 1.10 bits per heavy atom. The lowest BCUT2D eigenvalue weighted by atomic mass is 10.3. The van der Waals surface area contributed by atoms with Gasteiger partial charge < -0.3 is 5.73 Å². The molecule has 0 unspecified atom stereocenters. The van der Waals surface area contributed by atoms with Gasteiger partial charge in [0, 0.05) is 5.02 Å². The number of halogens is 3. The molecular formula is C12H9Cl2FN2O2S. The van der Waals surface area contributed by atoms with Gasteiger partial charge in [0.1, 0.15) is 10.7 Å². The summed E-state index contributed by atoms with van der Waals surface area (Å²) in [6, 6.07) is 7.30. The molecule has 0 fully saturated rings. The second-order valence-corrected chi connectivity index (χ2v) is 6.41. The minimum Gasteiger partial charge on any atom is -0.398 e. The highest BCUT2D eigenvalue weighted by molar-refractivity contribution is 7.92. The van der Waals surface area contributed by atoms with Crippen LogP contribution in [0.2, 0.25) is 10.0 Å². The monoisotopic (exact) mass is 334 g/mol. The van der Waals surface area contributed by atoms with Crippen molar-refractivity contribution in [2.75, 3.05) is 10.5 Å². The van der Waals surface area contributed by atoms with E-state index in [-0.39, 0.29) is 21.3 Å². The van der Waals surface area contributed by atoms with E-state index in [0.717, 1.165) is 12.1 Å². The van der Waals surface area contributed by atoms with E-state index in [1.807, 2.05) is 0 Å². The van der Waals surface area contributed by atoms with Gasteiger partial charge in [0.2, 0.25) is 0 Å². The molecule has 0 bridgehead atoms. The molecule has 0 saturated heterocycles. The Kier molecular flexibility index (Phi) is 4.08. The van der Waals surface area contributed by atoms with Crippen molar-refractivity contribution >= 4 is 44.6 Å². The van der Waals surface area contributed by atoms with Gasteiger partial charge in [-0.05, 0) is 36.4 Å². The van der Waals surface area contributed by atoms with Crippen molar-refractivity contribution < 1.29 is 12.8 Å². The normalized spacial score (nSPS) is 11.3. The SMILES string of the molecule is Nc1cc(Cl)ccc1S(=O)(=O)Nc1cc(F)ccc1Cl. The molecule has 3 N–H and O–H groups in total. The minimum absolute atomic E-state index is 0.0162. The Balaban J connectivity index is 2.43. The molecule has 0 aliphatic rings. The summed E-state index contributed by atoms with van der Waals surface area (Å²) in [5.41, 5.74) is 5.53. The molecule has 0 atom stereocenters. The van der Waals surface area contributed by atoms with Crippen LogP contribution in [0.4, 0.5) is 15.8 Å². The molecule has 4 nitrogen and oxygen atoms in total. The fourth-order valence-corrected chi connectivity index (χ4v) is 3.13. The third kappa shape index (κ3) is 3.15. The summed E-state index contributed by atoms with van der Waals surface area (Å²) in [6.45, 7) is 0. The van der Waals surface area contributed by atoms with Crippen molar-refractivity contribution in [3.05, 3.63) is 52.3 Å². The van der Waals surface area contributed by atoms with E-state index >= 15 is 0 Å². The molecule has 2 aromatic rings. The summed E-state index contributed by atoms with van der Waals surface area (Å²) >= 11 is 11.5. The maximum Gasteiger partial charge on any atom is 0.263 e. The molecule has 0 saturated carbocycles. The summed E-state index contributed by atoms with van der Waals surface area (Å²) in [5.74, 6) is -0.615. The van der Waals surface area contributed by atoms with Gasteiger partial charge in [0.15, 0.2) is 0 Å². The van der Waals surface area contributed by atoms with E-state index in [1.54, 1.807) is 0 Å². The van der Waals surface area contributed by atoms with Gasteiger partial charge in [-0.15, -0.1) is 0 Å². The average Bonchev–Trinajstić information content (AvgIpc) is 2.33. The van der Waals surface area contributed by atoms with Crippen molar-refractivity contribution in [3.63, 3.8) is 0 Å². The van der Waals surface area contributed by atoms with Crippen LogP contribution < -0.4 is 10.5 Å². The Hall–Kier alpha value is -1.50. The lowest BCUT2D eigenvalue weighted by Crippen LogP contribution is -2.15. The van der Waals surface area contributed by atoms with E-state index in [0.29, 0.717) is 5.02 Å². The average molecular weight is 335 g/mol. The zero-order chi connectivity index (χ0) is 14.9. The highest BCUT2D eigenvalue weighted by Gasteiger charge is 2.19. The first-order chi connectivity index (χ1) is 9.29. The van der Waals surface area contributed by atoms with Crippen LogP contribution in [0.25, 0.3) is 0 Å². The second kappa shape index (κ2) is 5.47. The maximum atomic E-state index is 13.1.